The summed E-state index contributed by atoms with van der Waals surface area (Å²) in [6, 6.07) is 2.05. The second-order valence-corrected chi connectivity index (χ2v) is 8.41. The molecule has 1 aromatic carbocycles. The summed E-state index contributed by atoms with van der Waals surface area (Å²) < 4.78 is 27.9. The molecule has 0 radical (unpaired) electrons. The smallest absolute Gasteiger partial charge is 0.323 e. The molecule has 0 heterocycles. The van der Waals surface area contributed by atoms with Gasteiger partial charge < -0.3 is 15.2 Å². The normalized spacial score (nSPS) is 13.3. The molecule has 0 spiro atoms. The predicted molar refractivity (Wildman–Crippen MR) is 110 cm³/mol. The van der Waals surface area contributed by atoms with E-state index >= 15 is 0 Å². The second-order valence-electron chi connectivity index (χ2n) is 6.47. The van der Waals surface area contributed by atoms with Crippen LogP contribution in [0.25, 0.3) is 0 Å². The van der Waals surface area contributed by atoms with Crippen LogP contribution in [0.1, 0.15) is 43.5 Å². The van der Waals surface area contributed by atoms with Crippen molar-refractivity contribution in [3.05, 3.63) is 28.8 Å². The number of halogens is 1. The molecule has 0 fully saturated rings. The average Bonchev–Trinajstić information content (AvgIpc) is 2.65. The van der Waals surface area contributed by atoms with E-state index in [4.69, 9.17) is 26.6 Å². The Kier molecular flexibility index (Phi) is 10.2. The predicted octanol–water partition coefficient (Wildman–Crippen LogP) is 0.882. The molecule has 0 aliphatic rings. The van der Waals surface area contributed by atoms with Crippen LogP contribution in [0, 0.1) is 0 Å². The Morgan fingerprint density at radius 2 is 1.93 bits per heavy atom. The van der Waals surface area contributed by atoms with Gasteiger partial charge in [-0.2, -0.15) is 0 Å². The standard InChI is InChI=1S/C18H26ClN3O7S/c1-3-29-18(26)14(22-11(2)17(24)25)6-4-5-9-21-16(23)12-7-8-13(19)15(10-12)30(20,27)28/h7-8,10-11,14,22H,3-6,9H2,1-2H3,(H,21,23)(H,24,25)(H2,20,27,28)/t11-,14-/m0/s1. The quantitative estimate of drug-likeness (QED) is 0.262. The van der Waals surface area contributed by atoms with Gasteiger partial charge in [-0.25, -0.2) is 13.6 Å². The largest absolute Gasteiger partial charge is 0.480 e. The van der Waals surface area contributed by atoms with Gasteiger partial charge in [-0.1, -0.05) is 11.6 Å². The van der Waals surface area contributed by atoms with E-state index in [9.17, 15) is 22.8 Å². The summed E-state index contributed by atoms with van der Waals surface area (Å²) in [6.07, 6.45) is 1.33. The first kappa shape index (κ1) is 25.8. The molecule has 0 aromatic heterocycles. The third kappa shape index (κ3) is 8.27. The Hall–Kier alpha value is -2.21. The lowest BCUT2D eigenvalue weighted by atomic mass is 10.1. The van der Waals surface area contributed by atoms with Gasteiger partial charge in [0.05, 0.1) is 11.6 Å². The summed E-state index contributed by atoms with van der Waals surface area (Å²) in [5.74, 6) is -2.12. The number of hydrogen-bond donors (Lipinski definition) is 4. The maximum Gasteiger partial charge on any atom is 0.323 e. The van der Waals surface area contributed by atoms with Crippen molar-refractivity contribution in [2.24, 2.45) is 5.14 Å². The summed E-state index contributed by atoms with van der Waals surface area (Å²) >= 11 is 5.79. The summed E-state index contributed by atoms with van der Waals surface area (Å²) in [5, 5.41) is 19.3. The van der Waals surface area contributed by atoms with E-state index in [0.717, 1.165) is 6.07 Å². The van der Waals surface area contributed by atoms with Crippen LogP contribution >= 0.6 is 11.6 Å². The Balaban J connectivity index is 2.57. The fourth-order valence-electron chi connectivity index (χ4n) is 2.53. The molecule has 2 atom stereocenters. The zero-order valence-electron chi connectivity index (χ0n) is 16.7. The zero-order valence-corrected chi connectivity index (χ0v) is 18.3. The fraction of sp³-hybridized carbons (Fsp3) is 0.500. The highest BCUT2D eigenvalue weighted by atomic mass is 35.5. The van der Waals surface area contributed by atoms with Gasteiger partial charge >= 0.3 is 11.9 Å². The number of aliphatic carboxylic acids is 1. The van der Waals surface area contributed by atoms with E-state index in [1.165, 1.54) is 19.1 Å². The van der Waals surface area contributed by atoms with Crippen LogP contribution in [0.3, 0.4) is 0 Å². The molecule has 0 saturated heterocycles. The number of hydrogen-bond acceptors (Lipinski definition) is 7. The number of nitrogens with two attached hydrogens (primary N) is 1. The fourth-order valence-corrected chi connectivity index (χ4v) is 3.60. The van der Waals surface area contributed by atoms with Crippen molar-refractivity contribution < 1.29 is 32.6 Å². The molecule has 1 aromatic rings. The van der Waals surface area contributed by atoms with Crippen molar-refractivity contribution >= 4 is 39.5 Å². The van der Waals surface area contributed by atoms with Gasteiger partial charge in [0, 0.05) is 12.1 Å². The third-order valence-electron chi connectivity index (χ3n) is 4.10. The number of amides is 1. The maximum absolute atomic E-state index is 12.2. The number of sulfonamides is 1. The highest BCUT2D eigenvalue weighted by Gasteiger charge is 2.24. The van der Waals surface area contributed by atoms with Crippen LogP contribution in [0.2, 0.25) is 5.02 Å². The summed E-state index contributed by atoms with van der Waals surface area (Å²) in [6.45, 7) is 3.52. The van der Waals surface area contributed by atoms with Crippen molar-refractivity contribution in [1.82, 2.24) is 10.6 Å². The van der Waals surface area contributed by atoms with Gasteiger partial charge in [0.15, 0.2) is 0 Å². The van der Waals surface area contributed by atoms with Gasteiger partial charge in [-0.05, 0) is 51.3 Å². The highest BCUT2D eigenvalue weighted by molar-refractivity contribution is 7.89. The minimum absolute atomic E-state index is 0.0813. The minimum atomic E-state index is -4.06. The maximum atomic E-state index is 12.2. The first-order chi connectivity index (χ1) is 14.0. The van der Waals surface area contributed by atoms with Gasteiger partial charge in [-0.3, -0.25) is 19.7 Å². The molecule has 0 saturated carbocycles. The molecule has 1 rings (SSSR count). The number of carboxylic acids is 1. The molecule has 0 aliphatic heterocycles. The van der Waals surface area contributed by atoms with Crippen LogP contribution in [-0.2, 0) is 24.3 Å². The number of carbonyl (C=O) groups is 3. The number of rotatable bonds is 12. The summed E-state index contributed by atoms with van der Waals surface area (Å²) in [7, 11) is -4.06. The van der Waals surface area contributed by atoms with E-state index in [1.54, 1.807) is 6.92 Å². The first-order valence-electron chi connectivity index (χ1n) is 9.23. The third-order valence-corrected chi connectivity index (χ3v) is 5.49. The average molecular weight is 464 g/mol. The molecule has 0 bridgehead atoms. The SMILES string of the molecule is CCOC(=O)[C@H](CCCCNC(=O)c1ccc(Cl)c(S(N)(=O)=O)c1)N[C@@H](C)C(=O)O. The molecule has 12 heteroatoms. The lowest BCUT2D eigenvalue weighted by Gasteiger charge is -2.19. The first-order valence-corrected chi connectivity index (χ1v) is 11.2. The van der Waals surface area contributed by atoms with E-state index in [-0.39, 0.29) is 28.6 Å². The topological polar surface area (TPSA) is 165 Å². The minimum Gasteiger partial charge on any atom is -0.480 e. The van der Waals surface area contributed by atoms with Crippen molar-refractivity contribution in [2.45, 2.75) is 50.1 Å². The van der Waals surface area contributed by atoms with Gasteiger partial charge in [-0.15, -0.1) is 0 Å². The molecule has 0 aliphatic carbocycles. The van der Waals surface area contributed by atoms with Crippen LogP contribution < -0.4 is 15.8 Å². The van der Waals surface area contributed by atoms with E-state index < -0.39 is 40.0 Å². The zero-order chi connectivity index (χ0) is 22.9. The number of nitrogens with one attached hydrogen (secondary N) is 2. The Morgan fingerprint density at radius 1 is 1.27 bits per heavy atom. The molecule has 10 nitrogen and oxygen atoms in total. The van der Waals surface area contributed by atoms with Gasteiger partial charge in [0.2, 0.25) is 10.0 Å². The molecular formula is C18H26ClN3O7S. The number of esters is 1. The molecule has 0 unspecified atom stereocenters. The van der Waals surface area contributed by atoms with E-state index in [0.29, 0.717) is 19.3 Å². The van der Waals surface area contributed by atoms with Crippen LogP contribution in [-0.4, -0.2) is 56.6 Å². The number of carbonyl (C=O) groups excluding carboxylic acids is 2. The number of unbranched alkanes of at least 4 members (excludes halogenated alkanes) is 1. The Labute approximate surface area is 180 Å². The molecule has 168 valence electrons. The van der Waals surface area contributed by atoms with Crippen LogP contribution in [0.15, 0.2) is 23.1 Å². The molecule has 30 heavy (non-hydrogen) atoms. The van der Waals surface area contributed by atoms with Crippen molar-refractivity contribution in [2.75, 3.05) is 13.2 Å². The number of ether oxygens (including phenoxy) is 1. The molecular weight excluding hydrogens is 438 g/mol. The molecule has 1 amide bonds. The Bertz CT molecular complexity index is 877. The second kappa shape index (κ2) is 11.8. The van der Waals surface area contributed by atoms with E-state index in [1.807, 2.05) is 0 Å². The number of benzene rings is 1. The van der Waals surface area contributed by atoms with Gasteiger partial charge in [0.1, 0.15) is 17.0 Å². The van der Waals surface area contributed by atoms with Gasteiger partial charge in [0.25, 0.3) is 5.91 Å². The van der Waals surface area contributed by atoms with E-state index in [2.05, 4.69) is 10.6 Å². The monoisotopic (exact) mass is 463 g/mol. The summed E-state index contributed by atoms with van der Waals surface area (Å²) in [4.78, 5) is 34.8. The van der Waals surface area contributed by atoms with Crippen LogP contribution in [0.5, 0.6) is 0 Å². The Morgan fingerprint density at radius 3 is 2.50 bits per heavy atom. The summed E-state index contributed by atoms with van der Waals surface area (Å²) in [5.41, 5.74) is 0.0878. The lowest BCUT2D eigenvalue weighted by molar-refractivity contribution is -0.147. The highest BCUT2D eigenvalue weighted by Crippen LogP contribution is 2.21. The number of primary sulfonamides is 1. The van der Waals surface area contributed by atoms with Crippen LogP contribution in [0.4, 0.5) is 0 Å². The molecule has 5 N–H and O–H groups in total. The van der Waals surface area contributed by atoms with Crippen molar-refractivity contribution in [3.8, 4) is 0 Å². The van der Waals surface area contributed by atoms with Crippen molar-refractivity contribution in [1.29, 1.82) is 0 Å². The lowest BCUT2D eigenvalue weighted by Crippen LogP contribution is -2.46. The number of carboxylic acid groups (broad SMARTS) is 1. The van der Waals surface area contributed by atoms with Crippen molar-refractivity contribution in [3.63, 3.8) is 0 Å².